The summed E-state index contributed by atoms with van der Waals surface area (Å²) in [6, 6.07) is 9.65. The van der Waals surface area contributed by atoms with Crippen LogP contribution < -0.4 is 4.74 Å². The smallest absolute Gasteiger partial charge is 0.377 e. The van der Waals surface area contributed by atoms with Crippen LogP contribution in [0, 0.1) is 0 Å². The first kappa shape index (κ1) is 15.0. The topological polar surface area (TPSA) is 69.5 Å². The van der Waals surface area contributed by atoms with Gasteiger partial charge in [-0.05, 0) is 19.2 Å². The van der Waals surface area contributed by atoms with Gasteiger partial charge >= 0.3 is 5.97 Å². The van der Waals surface area contributed by atoms with Gasteiger partial charge in [-0.3, -0.25) is 4.90 Å². The largest absolute Gasteiger partial charge is 0.492 e. The lowest BCUT2D eigenvalue weighted by molar-refractivity contribution is 0.0585. The van der Waals surface area contributed by atoms with Gasteiger partial charge in [0.2, 0.25) is 0 Å². The van der Waals surface area contributed by atoms with E-state index in [1.807, 2.05) is 42.3 Å². The Bertz CT molecular complexity index is 571. The quantitative estimate of drug-likeness (QED) is 0.709. The number of carbonyl (C=O) groups is 1. The molecule has 0 saturated carbocycles. The Morgan fingerprint density at radius 2 is 2.10 bits per heavy atom. The van der Waals surface area contributed by atoms with Gasteiger partial charge in [0, 0.05) is 6.54 Å². The van der Waals surface area contributed by atoms with Crippen LogP contribution in [0.3, 0.4) is 0 Å². The van der Waals surface area contributed by atoms with Crippen molar-refractivity contribution >= 4 is 5.97 Å². The highest BCUT2D eigenvalue weighted by Gasteiger charge is 2.11. The number of methoxy groups -OCH3 is 1. The van der Waals surface area contributed by atoms with Crippen molar-refractivity contribution in [2.24, 2.45) is 0 Å². The van der Waals surface area contributed by atoms with E-state index in [0.717, 1.165) is 12.3 Å². The molecule has 0 bridgehead atoms. The molecule has 1 aromatic carbocycles. The molecule has 21 heavy (non-hydrogen) atoms. The molecule has 2 rings (SSSR count). The zero-order valence-electron chi connectivity index (χ0n) is 12.1. The summed E-state index contributed by atoms with van der Waals surface area (Å²) in [4.78, 5) is 17.1. The second kappa shape index (κ2) is 7.39. The maximum absolute atomic E-state index is 11.2. The highest BCUT2D eigenvalue weighted by atomic mass is 16.5. The minimum atomic E-state index is -0.538. The molecule has 1 heterocycles. The monoisotopic (exact) mass is 290 g/mol. The van der Waals surface area contributed by atoms with Crippen molar-refractivity contribution in [2.75, 3.05) is 27.3 Å². The number of carbonyl (C=O) groups excluding carboxylic acids is 1. The molecule has 0 fully saturated rings. The molecule has 0 aliphatic heterocycles. The van der Waals surface area contributed by atoms with Crippen LogP contribution in [0.4, 0.5) is 0 Å². The van der Waals surface area contributed by atoms with Gasteiger partial charge in [-0.25, -0.2) is 14.5 Å². The fraction of sp³-hybridized carbons (Fsp3) is 0.357. The van der Waals surface area contributed by atoms with E-state index < -0.39 is 5.97 Å². The number of ether oxygens (including phenoxy) is 2. The van der Waals surface area contributed by atoms with Crippen molar-refractivity contribution in [2.45, 2.75) is 6.67 Å². The van der Waals surface area contributed by atoms with E-state index in [4.69, 9.17) is 4.74 Å². The standard InChI is InChI=1S/C14H18N4O3/c1-17(8-9-21-12-6-4-3-5-7-12)11-18-10-15-13(16-18)14(19)20-2/h3-7,10H,8-9,11H2,1-2H3. The lowest BCUT2D eigenvalue weighted by Gasteiger charge is -2.16. The Hall–Kier alpha value is -2.41. The Morgan fingerprint density at radius 1 is 1.33 bits per heavy atom. The molecule has 0 aliphatic carbocycles. The van der Waals surface area contributed by atoms with Crippen molar-refractivity contribution in [3.8, 4) is 5.75 Å². The molecular formula is C14H18N4O3. The van der Waals surface area contributed by atoms with E-state index in [1.54, 1.807) is 4.68 Å². The third-order valence-corrected chi connectivity index (χ3v) is 2.78. The number of para-hydroxylation sites is 1. The van der Waals surface area contributed by atoms with Crippen LogP contribution in [0.25, 0.3) is 0 Å². The Labute approximate surface area is 123 Å². The molecule has 0 N–H and O–H groups in total. The second-order valence-electron chi connectivity index (χ2n) is 4.48. The SMILES string of the molecule is COC(=O)c1ncn(CN(C)CCOc2ccccc2)n1. The molecule has 7 heteroatoms. The number of likely N-dealkylation sites (N-methyl/N-ethyl adjacent to an activating group) is 1. The summed E-state index contributed by atoms with van der Waals surface area (Å²) in [5.41, 5.74) is 0. The second-order valence-corrected chi connectivity index (χ2v) is 4.48. The lowest BCUT2D eigenvalue weighted by atomic mass is 10.3. The average Bonchev–Trinajstić information content (AvgIpc) is 2.96. The van der Waals surface area contributed by atoms with Crippen molar-refractivity contribution in [3.63, 3.8) is 0 Å². The van der Waals surface area contributed by atoms with Gasteiger partial charge in [-0.15, -0.1) is 5.10 Å². The first-order valence-corrected chi connectivity index (χ1v) is 6.53. The van der Waals surface area contributed by atoms with Gasteiger partial charge in [0.1, 0.15) is 18.7 Å². The number of esters is 1. The molecule has 0 radical (unpaired) electrons. The molecule has 0 spiro atoms. The minimum absolute atomic E-state index is 0.0615. The summed E-state index contributed by atoms with van der Waals surface area (Å²) in [7, 11) is 3.24. The highest BCUT2D eigenvalue weighted by molar-refractivity contribution is 5.84. The summed E-state index contributed by atoms with van der Waals surface area (Å²) in [6.07, 6.45) is 1.50. The average molecular weight is 290 g/mol. The number of benzene rings is 1. The van der Waals surface area contributed by atoms with E-state index in [-0.39, 0.29) is 5.82 Å². The van der Waals surface area contributed by atoms with Gasteiger partial charge in [-0.2, -0.15) is 0 Å². The molecule has 2 aromatic rings. The van der Waals surface area contributed by atoms with Crippen LogP contribution in [-0.4, -0.2) is 52.9 Å². The minimum Gasteiger partial charge on any atom is -0.492 e. The number of rotatable bonds is 7. The van der Waals surface area contributed by atoms with Crippen LogP contribution in [0.15, 0.2) is 36.7 Å². The van der Waals surface area contributed by atoms with Gasteiger partial charge in [0.05, 0.1) is 13.8 Å². The predicted molar refractivity (Wildman–Crippen MR) is 75.9 cm³/mol. The number of aromatic nitrogens is 3. The molecule has 0 saturated heterocycles. The van der Waals surface area contributed by atoms with E-state index in [2.05, 4.69) is 14.8 Å². The van der Waals surface area contributed by atoms with Crippen LogP contribution in [-0.2, 0) is 11.4 Å². The molecular weight excluding hydrogens is 272 g/mol. The van der Waals surface area contributed by atoms with E-state index >= 15 is 0 Å². The van der Waals surface area contributed by atoms with Gasteiger partial charge in [0.15, 0.2) is 0 Å². The fourth-order valence-corrected chi connectivity index (χ4v) is 1.70. The van der Waals surface area contributed by atoms with Gasteiger partial charge < -0.3 is 9.47 Å². The van der Waals surface area contributed by atoms with Crippen LogP contribution in [0.2, 0.25) is 0 Å². The van der Waals surface area contributed by atoms with Crippen LogP contribution in [0.5, 0.6) is 5.75 Å². The first-order valence-electron chi connectivity index (χ1n) is 6.53. The van der Waals surface area contributed by atoms with Crippen molar-refractivity contribution in [1.82, 2.24) is 19.7 Å². The van der Waals surface area contributed by atoms with E-state index in [0.29, 0.717) is 13.3 Å². The summed E-state index contributed by atoms with van der Waals surface area (Å²) in [5.74, 6) is 0.370. The maximum Gasteiger partial charge on any atom is 0.377 e. The molecule has 0 atom stereocenters. The highest BCUT2D eigenvalue weighted by Crippen LogP contribution is 2.07. The van der Waals surface area contributed by atoms with Gasteiger partial charge in [-0.1, -0.05) is 18.2 Å². The molecule has 0 amide bonds. The summed E-state index contributed by atoms with van der Waals surface area (Å²) < 4.78 is 11.7. The van der Waals surface area contributed by atoms with Crippen molar-refractivity contribution < 1.29 is 14.3 Å². The van der Waals surface area contributed by atoms with E-state index in [9.17, 15) is 4.79 Å². The normalized spacial score (nSPS) is 10.6. The Balaban J connectivity index is 1.75. The predicted octanol–water partition coefficient (Wildman–Crippen LogP) is 1.03. The van der Waals surface area contributed by atoms with Crippen molar-refractivity contribution in [1.29, 1.82) is 0 Å². The molecule has 7 nitrogen and oxygen atoms in total. The maximum atomic E-state index is 11.2. The first-order chi connectivity index (χ1) is 10.2. The zero-order valence-corrected chi connectivity index (χ0v) is 12.1. The van der Waals surface area contributed by atoms with Crippen LogP contribution >= 0.6 is 0 Å². The third-order valence-electron chi connectivity index (χ3n) is 2.78. The number of hydrogen-bond donors (Lipinski definition) is 0. The Morgan fingerprint density at radius 3 is 2.81 bits per heavy atom. The number of nitrogens with zero attached hydrogens (tertiary/aromatic N) is 4. The summed E-state index contributed by atoms with van der Waals surface area (Å²) in [5, 5.41) is 4.04. The molecule has 0 aliphatic rings. The zero-order chi connectivity index (χ0) is 15.1. The summed E-state index contributed by atoms with van der Waals surface area (Å²) >= 11 is 0. The molecule has 0 unspecified atom stereocenters. The van der Waals surface area contributed by atoms with E-state index in [1.165, 1.54) is 13.4 Å². The molecule has 1 aromatic heterocycles. The summed E-state index contributed by atoms with van der Waals surface area (Å²) in [6.45, 7) is 1.81. The van der Waals surface area contributed by atoms with Crippen molar-refractivity contribution in [3.05, 3.63) is 42.5 Å². The van der Waals surface area contributed by atoms with Gasteiger partial charge in [0.25, 0.3) is 5.82 Å². The third kappa shape index (κ3) is 4.57. The van der Waals surface area contributed by atoms with Crippen LogP contribution in [0.1, 0.15) is 10.6 Å². The molecule has 112 valence electrons. The number of hydrogen-bond acceptors (Lipinski definition) is 6. The lowest BCUT2D eigenvalue weighted by Crippen LogP contribution is -2.27. The Kier molecular flexibility index (Phi) is 5.28. The fourth-order valence-electron chi connectivity index (χ4n) is 1.70.